The molecule has 0 aromatic heterocycles. The number of rotatable bonds is 2. The molecule has 7 heteroatoms. The number of para-hydroxylation sites is 2. The zero-order chi connectivity index (χ0) is 13.5. The second kappa shape index (κ2) is 4.50. The van der Waals surface area contributed by atoms with Crippen molar-refractivity contribution in [2.45, 2.75) is 12.1 Å². The molecule has 0 saturated carbocycles. The van der Waals surface area contributed by atoms with Gasteiger partial charge in [-0.15, -0.1) is 0 Å². The van der Waals surface area contributed by atoms with Crippen molar-refractivity contribution in [3.8, 4) is 5.75 Å². The van der Waals surface area contributed by atoms with Crippen LogP contribution in [0.4, 0.5) is 5.69 Å². The molecular formula is C12H15N2O4S+. The summed E-state index contributed by atoms with van der Waals surface area (Å²) in [6.45, 7) is 0. The fraction of sp³-hybridized carbons (Fsp3) is 0.417. The fourth-order valence-corrected chi connectivity index (χ4v) is 4.25. The number of nitrogens with two attached hydrogens (primary N) is 1. The van der Waals surface area contributed by atoms with E-state index in [2.05, 4.69) is 4.99 Å². The zero-order valence-electron chi connectivity index (χ0n) is 10.4. The van der Waals surface area contributed by atoms with E-state index in [0.29, 0.717) is 17.5 Å². The van der Waals surface area contributed by atoms with E-state index in [4.69, 9.17) is 9.47 Å². The van der Waals surface area contributed by atoms with Gasteiger partial charge in [-0.2, -0.15) is 4.99 Å². The van der Waals surface area contributed by atoms with E-state index in [1.807, 2.05) is 24.3 Å². The molecule has 2 N–H and O–H groups in total. The van der Waals surface area contributed by atoms with Crippen LogP contribution in [0.5, 0.6) is 5.75 Å². The number of hydrogen-bond donors (Lipinski definition) is 1. The third kappa shape index (κ3) is 2.43. The Morgan fingerprint density at radius 2 is 2.16 bits per heavy atom. The summed E-state index contributed by atoms with van der Waals surface area (Å²) >= 11 is 0. The van der Waals surface area contributed by atoms with Gasteiger partial charge in [-0.05, 0) is 12.1 Å². The van der Waals surface area contributed by atoms with Gasteiger partial charge in [0.05, 0.1) is 12.9 Å². The highest BCUT2D eigenvalue weighted by atomic mass is 32.2. The lowest BCUT2D eigenvalue weighted by molar-refractivity contribution is -0.565. The molecule has 2 atom stereocenters. The third-order valence-corrected chi connectivity index (χ3v) is 5.02. The largest absolute Gasteiger partial charge is 0.494 e. The van der Waals surface area contributed by atoms with Gasteiger partial charge >= 0.3 is 6.02 Å². The summed E-state index contributed by atoms with van der Waals surface area (Å²) in [6.07, 6.45) is -0.279. The van der Waals surface area contributed by atoms with Gasteiger partial charge in [0, 0.05) is 0 Å². The molecule has 19 heavy (non-hydrogen) atoms. The number of aliphatic imine (C=N–C) groups is 1. The Hall–Kier alpha value is -1.60. The first-order valence-corrected chi connectivity index (χ1v) is 7.83. The number of amidine groups is 1. The predicted molar refractivity (Wildman–Crippen MR) is 69.3 cm³/mol. The molecule has 0 radical (unpaired) electrons. The van der Waals surface area contributed by atoms with E-state index in [1.165, 1.54) is 0 Å². The molecule has 2 aliphatic heterocycles. The highest BCUT2D eigenvalue weighted by Gasteiger charge is 2.48. The van der Waals surface area contributed by atoms with Crippen LogP contribution in [-0.2, 0) is 14.6 Å². The molecule has 2 fully saturated rings. The van der Waals surface area contributed by atoms with Crippen LogP contribution >= 0.6 is 0 Å². The van der Waals surface area contributed by atoms with E-state index in [9.17, 15) is 8.42 Å². The molecule has 2 heterocycles. The second-order valence-electron chi connectivity index (χ2n) is 4.69. The lowest BCUT2D eigenvalue weighted by Gasteiger charge is -2.03. The van der Waals surface area contributed by atoms with Crippen molar-refractivity contribution in [3.05, 3.63) is 24.3 Å². The van der Waals surface area contributed by atoms with Crippen molar-refractivity contribution in [1.82, 2.24) is 0 Å². The number of hydrogen-bond acceptors (Lipinski definition) is 5. The molecule has 0 spiro atoms. The minimum atomic E-state index is -2.95. The van der Waals surface area contributed by atoms with E-state index in [1.54, 1.807) is 12.4 Å². The number of benzene rings is 1. The maximum Gasteiger partial charge on any atom is 0.396 e. The lowest BCUT2D eigenvalue weighted by atomic mass is 10.2. The summed E-state index contributed by atoms with van der Waals surface area (Å²) in [6, 6.07) is 7.78. The molecule has 102 valence electrons. The minimum absolute atomic E-state index is 0.0709. The summed E-state index contributed by atoms with van der Waals surface area (Å²) in [7, 11) is -1.37. The Morgan fingerprint density at radius 1 is 1.37 bits per heavy atom. The molecule has 3 rings (SSSR count). The zero-order valence-corrected chi connectivity index (χ0v) is 11.3. The number of sulfone groups is 1. The Morgan fingerprint density at radius 3 is 2.89 bits per heavy atom. The Kier molecular flexibility index (Phi) is 2.94. The molecular weight excluding hydrogens is 268 g/mol. The monoisotopic (exact) mass is 283 g/mol. The summed E-state index contributed by atoms with van der Waals surface area (Å²) in [4.78, 5) is 4.38. The summed E-state index contributed by atoms with van der Waals surface area (Å²) in [5, 5.41) is 1.79. The maximum absolute atomic E-state index is 11.4. The van der Waals surface area contributed by atoms with E-state index in [0.717, 1.165) is 0 Å². The van der Waals surface area contributed by atoms with Crippen LogP contribution in [0.2, 0.25) is 0 Å². The average Bonchev–Trinajstić information content (AvgIpc) is 2.82. The Balaban J connectivity index is 1.81. The smallest absolute Gasteiger partial charge is 0.396 e. The van der Waals surface area contributed by atoms with Crippen LogP contribution in [0.25, 0.3) is 0 Å². The van der Waals surface area contributed by atoms with Gasteiger partial charge in [0.15, 0.2) is 15.9 Å². The molecule has 2 aliphatic rings. The van der Waals surface area contributed by atoms with Crippen molar-refractivity contribution in [1.29, 1.82) is 0 Å². The molecule has 1 aromatic rings. The van der Waals surface area contributed by atoms with Crippen molar-refractivity contribution in [3.63, 3.8) is 0 Å². The van der Waals surface area contributed by atoms with Crippen molar-refractivity contribution in [2.75, 3.05) is 18.6 Å². The van der Waals surface area contributed by atoms with Gasteiger partial charge < -0.3 is 9.47 Å². The van der Waals surface area contributed by atoms with Crippen molar-refractivity contribution in [2.24, 2.45) is 4.99 Å². The molecule has 6 nitrogen and oxygen atoms in total. The van der Waals surface area contributed by atoms with Crippen molar-refractivity contribution < 1.29 is 23.2 Å². The van der Waals surface area contributed by atoms with Gasteiger partial charge in [-0.25, -0.2) is 8.42 Å². The fourth-order valence-electron chi connectivity index (χ4n) is 2.40. The Bertz CT molecular complexity index is 604. The number of ether oxygens (including phenoxy) is 2. The number of nitrogens with zero attached hydrogens (tertiary/aromatic N) is 1. The highest BCUT2D eigenvalue weighted by Crippen LogP contribution is 2.27. The highest BCUT2D eigenvalue weighted by molar-refractivity contribution is 7.91. The molecule has 0 amide bonds. The number of quaternary nitrogens is 1. The molecule has 0 bridgehead atoms. The van der Waals surface area contributed by atoms with Crippen LogP contribution in [0.1, 0.15) is 0 Å². The van der Waals surface area contributed by atoms with E-state index >= 15 is 0 Å². The van der Waals surface area contributed by atoms with Crippen molar-refractivity contribution >= 4 is 21.5 Å². The maximum atomic E-state index is 11.4. The first-order valence-electron chi connectivity index (χ1n) is 6.01. The van der Waals surface area contributed by atoms with Crippen LogP contribution in [0.15, 0.2) is 29.3 Å². The predicted octanol–water partition coefficient (Wildman–Crippen LogP) is -0.558. The number of fused-ring (bicyclic) bond motifs is 1. The average molecular weight is 283 g/mol. The van der Waals surface area contributed by atoms with Gasteiger partial charge in [-0.3, -0.25) is 5.32 Å². The topological polar surface area (TPSA) is 81.6 Å². The van der Waals surface area contributed by atoms with E-state index in [-0.39, 0.29) is 23.7 Å². The first kappa shape index (κ1) is 12.4. The van der Waals surface area contributed by atoms with Gasteiger partial charge in [-0.1, -0.05) is 12.1 Å². The van der Waals surface area contributed by atoms with Gasteiger partial charge in [0.1, 0.15) is 23.2 Å². The summed E-state index contributed by atoms with van der Waals surface area (Å²) in [5.41, 5.74) is 0.680. The summed E-state index contributed by atoms with van der Waals surface area (Å²) in [5.74, 6) is 0.901. The quantitative estimate of drug-likeness (QED) is 0.789. The molecule has 0 unspecified atom stereocenters. The molecule has 0 aliphatic carbocycles. The molecule has 1 aromatic carbocycles. The Labute approximate surface area is 111 Å². The van der Waals surface area contributed by atoms with Gasteiger partial charge in [0.2, 0.25) is 0 Å². The van der Waals surface area contributed by atoms with Crippen LogP contribution < -0.4 is 10.1 Å². The van der Waals surface area contributed by atoms with Crippen LogP contribution in [0.3, 0.4) is 0 Å². The SMILES string of the molecule is COc1ccccc1N=C1[NH2+][C@@H]2CS(=O)(=O)C[C@H]2O1. The second-order valence-corrected chi connectivity index (χ2v) is 6.84. The lowest BCUT2D eigenvalue weighted by Crippen LogP contribution is -2.91. The third-order valence-electron chi connectivity index (χ3n) is 3.29. The minimum Gasteiger partial charge on any atom is -0.494 e. The first-order chi connectivity index (χ1) is 9.07. The van der Waals surface area contributed by atoms with Crippen LogP contribution in [0, 0.1) is 0 Å². The standard InChI is InChI=1S/C12H14N2O4S/c1-17-10-5-3-2-4-8(10)13-12-14-9-6-19(15,16)7-11(9)18-12/h2-5,9,11H,6-7H2,1H3,(H,13,14)/p+1/t9-,11-/m1/s1. The van der Waals surface area contributed by atoms with Crippen LogP contribution in [-0.4, -0.2) is 45.2 Å². The summed E-state index contributed by atoms with van der Waals surface area (Å²) < 4.78 is 33.7. The molecule has 2 saturated heterocycles. The normalized spacial score (nSPS) is 30.1. The van der Waals surface area contributed by atoms with E-state index < -0.39 is 9.84 Å². The van der Waals surface area contributed by atoms with Gasteiger partial charge in [0.25, 0.3) is 0 Å². The number of methoxy groups -OCH3 is 1.